The molecule has 0 atom stereocenters. The Morgan fingerprint density at radius 3 is 2.90 bits per heavy atom. The number of benzene rings is 1. The lowest BCUT2D eigenvalue weighted by Crippen LogP contribution is -2.04. The number of aromatic nitrogens is 3. The van der Waals surface area contributed by atoms with E-state index in [0.29, 0.717) is 0 Å². The first-order valence-corrected chi connectivity index (χ1v) is 6.97. The molecule has 0 radical (unpaired) electrons. The molecule has 102 valence electrons. The van der Waals surface area contributed by atoms with Crippen LogP contribution in [0.3, 0.4) is 0 Å². The van der Waals surface area contributed by atoms with E-state index in [0.717, 1.165) is 31.4 Å². The van der Waals surface area contributed by atoms with E-state index in [1.165, 1.54) is 11.1 Å². The van der Waals surface area contributed by atoms with Gasteiger partial charge in [-0.1, -0.05) is 18.2 Å². The first kappa shape index (κ1) is 12.7. The SMILES string of the molecule is c1ccc2c(NCCCCn3ccnc3)ccnc2c1. The summed E-state index contributed by atoms with van der Waals surface area (Å²) in [6, 6.07) is 10.3. The molecule has 2 heterocycles. The van der Waals surface area contributed by atoms with Crippen molar-refractivity contribution in [2.75, 3.05) is 11.9 Å². The van der Waals surface area contributed by atoms with Crippen molar-refractivity contribution in [3.63, 3.8) is 0 Å². The van der Waals surface area contributed by atoms with Gasteiger partial charge in [-0.15, -0.1) is 0 Å². The average Bonchev–Trinajstić information content (AvgIpc) is 3.00. The summed E-state index contributed by atoms with van der Waals surface area (Å²) in [7, 11) is 0. The number of nitrogens with zero attached hydrogens (tertiary/aromatic N) is 3. The monoisotopic (exact) mass is 266 g/mol. The van der Waals surface area contributed by atoms with Crippen LogP contribution in [0.4, 0.5) is 5.69 Å². The number of rotatable bonds is 6. The van der Waals surface area contributed by atoms with Crippen molar-refractivity contribution in [1.82, 2.24) is 14.5 Å². The van der Waals surface area contributed by atoms with Gasteiger partial charge in [0.1, 0.15) is 0 Å². The van der Waals surface area contributed by atoms with Crippen LogP contribution < -0.4 is 5.32 Å². The second kappa shape index (κ2) is 6.19. The fourth-order valence-electron chi connectivity index (χ4n) is 2.31. The Hall–Kier alpha value is -2.36. The van der Waals surface area contributed by atoms with Crippen molar-refractivity contribution < 1.29 is 0 Å². The van der Waals surface area contributed by atoms with Gasteiger partial charge in [-0.2, -0.15) is 0 Å². The van der Waals surface area contributed by atoms with Crippen LogP contribution in [0.25, 0.3) is 10.9 Å². The van der Waals surface area contributed by atoms with Gasteiger partial charge >= 0.3 is 0 Å². The van der Waals surface area contributed by atoms with Crippen LogP contribution in [0.1, 0.15) is 12.8 Å². The summed E-state index contributed by atoms with van der Waals surface area (Å²) in [6.07, 6.45) is 9.83. The molecule has 0 fully saturated rings. The number of pyridine rings is 1. The lowest BCUT2D eigenvalue weighted by molar-refractivity contribution is 0.621. The Balaban J connectivity index is 1.52. The third-order valence-corrected chi connectivity index (χ3v) is 3.37. The van der Waals surface area contributed by atoms with E-state index >= 15 is 0 Å². The largest absolute Gasteiger partial charge is 0.384 e. The number of aryl methyl sites for hydroxylation is 1. The molecular weight excluding hydrogens is 248 g/mol. The number of unbranched alkanes of at least 4 members (excludes halogenated alkanes) is 1. The molecule has 1 N–H and O–H groups in total. The molecule has 3 aromatic rings. The Bertz CT molecular complexity index is 656. The molecule has 0 saturated carbocycles. The average molecular weight is 266 g/mol. The number of hydrogen-bond donors (Lipinski definition) is 1. The smallest absolute Gasteiger partial charge is 0.0945 e. The number of anilines is 1. The molecule has 20 heavy (non-hydrogen) atoms. The van der Waals surface area contributed by atoms with Crippen molar-refractivity contribution in [3.05, 3.63) is 55.2 Å². The van der Waals surface area contributed by atoms with Gasteiger partial charge in [-0.05, 0) is 25.0 Å². The predicted octanol–water partition coefficient (Wildman–Crippen LogP) is 3.32. The molecule has 0 bridgehead atoms. The van der Waals surface area contributed by atoms with E-state index in [1.807, 2.05) is 49.2 Å². The minimum Gasteiger partial charge on any atom is -0.384 e. The molecule has 0 unspecified atom stereocenters. The lowest BCUT2D eigenvalue weighted by Gasteiger charge is -2.09. The van der Waals surface area contributed by atoms with Crippen LogP contribution in [0.2, 0.25) is 0 Å². The molecule has 4 nitrogen and oxygen atoms in total. The lowest BCUT2D eigenvalue weighted by atomic mass is 10.2. The molecule has 3 rings (SSSR count). The second-order valence-electron chi connectivity index (χ2n) is 4.81. The molecule has 0 saturated heterocycles. The fraction of sp³-hybridized carbons (Fsp3) is 0.250. The number of nitrogens with one attached hydrogen (secondary N) is 1. The molecular formula is C16H18N4. The van der Waals surface area contributed by atoms with Gasteiger partial charge in [-0.3, -0.25) is 4.98 Å². The maximum atomic E-state index is 4.37. The van der Waals surface area contributed by atoms with Crippen molar-refractivity contribution in [1.29, 1.82) is 0 Å². The van der Waals surface area contributed by atoms with Crippen molar-refractivity contribution >= 4 is 16.6 Å². The highest BCUT2D eigenvalue weighted by molar-refractivity contribution is 5.90. The molecule has 0 amide bonds. The van der Waals surface area contributed by atoms with Gasteiger partial charge in [0.15, 0.2) is 0 Å². The van der Waals surface area contributed by atoms with E-state index in [9.17, 15) is 0 Å². The first-order valence-electron chi connectivity index (χ1n) is 6.97. The van der Waals surface area contributed by atoms with Crippen LogP contribution in [0, 0.1) is 0 Å². The third-order valence-electron chi connectivity index (χ3n) is 3.37. The number of hydrogen-bond acceptors (Lipinski definition) is 3. The minimum atomic E-state index is 0.975. The van der Waals surface area contributed by atoms with E-state index in [2.05, 4.69) is 25.9 Å². The van der Waals surface area contributed by atoms with Crippen molar-refractivity contribution in [2.45, 2.75) is 19.4 Å². The van der Waals surface area contributed by atoms with E-state index in [4.69, 9.17) is 0 Å². The van der Waals surface area contributed by atoms with E-state index in [1.54, 1.807) is 0 Å². The Morgan fingerprint density at radius 2 is 2.00 bits per heavy atom. The van der Waals surface area contributed by atoms with Crippen molar-refractivity contribution in [2.24, 2.45) is 0 Å². The van der Waals surface area contributed by atoms with Gasteiger partial charge in [0.25, 0.3) is 0 Å². The zero-order chi connectivity index (χ0) is 13.6. The summed E-state index contributed by atoms with van der Waals surface area (Å²) in [6.45, 7) is 2.00. The van der Waals surface area contributed by atoms with Gasteiger partial charge in [0.2, 0.25) is 0 Å². The van der Waals surface area contributed by atoms with Crippen molar-refractivity contribution in [3.8, 4) is 0 Å². The highest BCUT2D eigenvalue weighted by Crippen LogP contribution is 2.20. The number of imidazole rings is 1. The van der Waals surface area contributed by atoms with E-state index in [-0.39, 0.29) is 0 Å². The predicted molar refractivity (Wildman–Crippen MR) is 81.7 cm³/mol. The topological polar surface area (TPSA) is 42.7 Å². The highest BCUT2D eigenvalue weighted by atomic mass is 15.0. The fourth-order valence-corrected chi connectivity index (χ4v) is 2.31. The first-order chi connectivity index (χ1) is 9.93. The summed E-state index contributed by atoms with van der Waals surface area (Å²) in [5.74, 6) is 0. The molecule has 4 heteroatoms. The van der Waals surface area contributed by atoms with Crippen LogP contribution in [-0.2, 0) is 6.54 Å². The summed E-state index contributed by atoms with van der Waals surface area (Å²) >= 11 is 0. The van der Waals surface area contributed by atoms with Crippen LogP contribution in [0.5, 0.6) is 0 Å². The quantitative estimate of drug-likeness (QED) is 0.696. The molecule has 1 aromatic carbocycles. The second-order valence-corrected chi connectivity index (χ2v) is 4.81. The highest BCUT2D eigenvalue weighted by Gasteiger charge is 2.00. The van der Waals surface area contributed by atoms with Crippen LogP contribution >= 0.6 is 0 Å². The zero-order valence-corrected chi connectivity index (χ0v) is 11.4. The maximum absolute atomic E-state index is 4.37. The van der Waals surface area contributed by atoms with Gasteiger partial charge in [-0.25, -0.2) is 4.98 Å². The number of para-hydroxylation sites is 1. The normalized spacial score (nSPS) is 10.8. The molecule has 2 aromatic heterocycles. The Kier molecular flexibility index (Phi) is 3.92. The molecule has 0 aliphatic heterocycles. The summed E-state index contributed by atoms with van der Waals surface area (Å²) in [5.41, 5.74) is 2.20. The standard InChI is InChI=1S/C16H18N4/c1-2-6-15-14(5-1)16(7-9-19-15)18-8-3-4-11-20-12-10-17-13-20/h1-2,5-7,9-10,12-13H,3-4,8,11H2,(H,18,19). The van der Waals surface area contributed by atoms with E-state index < -0.39 is 0 Å². The van der Waals surface area contributed by atoms with Gasteiger partial charge in [0.05, 0.1) is 11.8 Å². The molecule has 0 aliphatic rings. The maximum Gasteiger partial charge on any atom is 0.0945 e. The van der Waals surface area contributed by atoms with Gasteiger partial charge < -0.3 is 9.88 Å². The molecule has 0 spiro atoms. The third kappa shape index (κ3) is 2.96. The Labute approximate surface area is 118 Å². The van der Waals surface area contributed by atoms with Crippen LogP contribution in [0.15, 0.2) is 55.2 Å². The van der Waals surface area contributed by atoms with Crippen LogP contribution in [-0.4, -0.2) is 21.1 Å². The summed E-state index contributed by atoms with van der Waals surface area (Å²) in [5, 5.41) is 4.69. The molecule has 0 aliphatic carbocycles. The van der Waals surface area contributed by atoms with Gasteiger partial charge in [0, 0.05) is 42.8 Å². The Morgan fingerprint density at radius 1 is 1.05 bits per heavy atom. The zero-order valence-electron chi connectivity index (χ0n) is 11.4. The summed E-state index contributed by atoms with van der Waals surface area (Å²) in [4.78, 5) is 8.41. The minimum absolute atomic E-state index is 0.975. The summed E-state index contributed by atoms with van der Waals surface area (Å²) < 4.78 is 2.11. The number of fused-ring (bicyclic) bond motifs is 1.